The van der Waals surface area contributed by atoms with Crippen LogP contribution in [0.5, 0.6) is 0 Å². The third kappa shape index (κ3) is 13.2. The Bertz CT molecular complexity index is 192. The van der Waals surface area contributed by atoms with Gasteiger partial charge in [-0.1, -0.05) is 6.58 Å². The van der Waals surface area contributed by atoms with Gasteiger partial charge in [0.05, 0.1) is 0 Å². The summed E-state index contributed by atoms with van der Waals surface area (Å²) in [6, 6.07) is 0. The summed E-state index contributed by atoms with van der Waals surface area (Å²) in [6.07, 6.45) is 0. The molecule has 6 nitrogen and oxygen atoms in total. The fourth-order valence-corrected chi connectivity index (χ4v) is 0.444. The number of carbonyl (C=O) groups excluding carboxylic acids is 1. The van der Waals surface area contributed by atoms with Gasteiger partial charge in [-0.15, -0.1) is 4.91 Å². The van der Waals surface area contributed by atoms with E-state index in [4.69, 9.17) is 14.9 Å². The van der Waals surface area contributed by atoms with E-state index in [0.29, 0.717) is 12.2 Å². The van der Waals surface area contributed by atoms with Crippen molar-refractivity contribution in [3.63, 3.8) is 0 Å². The van der Waals surface area contributed by atoms with Gasteiger partial charge in [0.2, 0.25) is 0 Å². The monoisotopic (exact) mass is 204 g/mol. The average molecular weight is 204 g/mol. The quantitative estimate of drug-likeness (QED) is 0.317. The standard InChI is InChI=1S/C8H15NO2.HNO2/c1-7(2)8(10)11-6-5-9(3)4;2-1-3/h1,5-6H2,2-4H3;(H,2,3). The second-order valence-electron chi connectivity index (χ2n) is 2.80. The van der Waals surface area contributed by atoms with E-state index in [1.807, 2.05) is 19.0 Å². The third-order valence-corrected chi connectivity index (χ3v) is 1.12. The van der Waals surface area contributed by atoms with Crippen LogP contribution in [0.1, 0.15) is 6.92 Å². The highest BCUT2D eigenvalue weighted by atomic mass is 16.6. The van der Waals surface area contributed by atoms with Crippen LogP contribution in [-0.4, -0.2) is 43.3 Å². The lowest BCUT2D eigenvalue weighted by molar-refractivity contribution is -0.139. The van der Waals surface area contributed by atoms with Crippen LogP contribution in [-0.2, 0) is 9.53 Å². The maximum absolute atomic E-state index is 10.8. The first-order valence-corrected chi connectivity index (χ1v) is 3.89. The zero-order valence-corrected chi connectivity index (χ0v) is 8.69. The predicted octanol–water partition coefficient (Wildman–Crippen LogP) is 0.809. The molecule has 0 aliphatic rings. The molecule has 0 unspecified atom stereocenters. The molecule has 0 aromatic rings. The number of carbonyl (C=O) groups is 1. The second-order valence-corrected chi connectivity index (χ2v) is 2.80. The van der Waals surface area contributed by atoms with E-state index in [2.05, 4.69) is 6.58 Å². The molecule has 82 valence electrons. The van der Waals surface area contributed by atoms with E-state index in [9.17, 15) is 4.79 Å². The van der Waals surface area contributed by atoms with Crippen molar-refractivity contribution in [2.24, 2.45) is 5.34 Å². The Labute approximate surface area is 83.1 Å². The molecule has 6 heteroatoms. The van der Waals surface area contributed by atoms with Crippen LogP contribution in [0.25, 0.3) is 0 Å². The van der Waals surface area contributed by atoms with E-state index < -0.39 is 0 Å². The minimum absolute atomic E-state index is 0.313. The van der Waals surface area contributed by atoms with Crippen molar-refractivity contribution in [3.05, 3.63) is 17.1 Å². The molecule has 0 spiro atoms. The first-order chi connectivity index (χ1) is 6.45. The number of nitrogens with zero attached hydrogens (tertiary/aromatic N) is 2. The van der Waals surface area contributed by atoms with Crippen molar-refractivity contribution in [2.75, 3.05) is 27.2 Å². The molecule has 0 atom stereocenters. The van der Waals surface area contributed by atoms with Gasteiger partial charge < -0.3 is 14.8 Å². The van der Waals surface area contributed by atoms with Gasteiger partial charge in [0.25, 0.3) is 0 Å². The predicted molar refractivity (Wildman–Crippen MR) is 51.9 cm³/mol. The molecule has 0 aromatic heterocycles. The highest BCUT2D eigenvalue weighted by Gasteiger charge is 2.01. The summed E-state index contributed by atoms with van der Waals surface area (Å²) >= 11 is 0. The summed E-state index contributed by atoms with van der Waals surface area (Å²) in [6.45, 7) is 6.28. The molecule has 1 N–H and O–H groups in total. The maximum Gasteiger partial charge on any atom is 0.333 e. The van der Waals surface area contributed by atoms with Crippen molar-refractivity contribution < 1.29 is 14.7 Å². The van der Waals surface area contributed by atoms with Crippen molar-refractivity contribution >= 4 is 5.97 Å². The number of ether oxygens (including phenoxy) is 1. The van der Waals surface area contributed by atoms with Gasteiger partial charge >= 0.3 is 5.97 Å². The number of hydrogen-bond donors (Lipinski definition) is 1. The van der Waals surface area contributed by atoms with Gasteiger partial charge in [0, 0.05) is 12.1 Å². The van der Waals surface area contributed by atoms with E-state index in [-0.39, 0.29) is 5.97 Å². The molecule has 0 heterocycles. The number of likely N-dealkylation sites (N-methyl/N-ethyl adjacent to an activating group) is 1. The van der Waals surface area contributed by atoms with Gasteiger partial charge in [0.1, 0.15) is 6.61 Å². The van der Waals surface area contributed by atoms with E-state index in [1.165, 1.54) is 5.34 Å². The normalized spacial score (nSPS) is 8.57. The smallest absolute Gasteiger partial charge is 0.333 e. The summed E-state index contributed by atoms with van der Waals surface area (Å²) in [7, 11) is 3.85. The van der Waals surface area contributed by atoms with E-state index in [0.717, 1.165) is 6.54 Å². The average Bonchev–Trinajstić information content (AvgIpc) is 2.04. The Balaban J connectivity index is 0. The first-order valence-electron chi connectivity index (χ1n) is 3.89. The van der Waals surface area contributed by atoms with E-state index >= 15 is 0 Å². The summed E-state index contributed by atoms with van der Waals surface area (Å²) in [5.41, 5.74) is 0.448. The number of hydrogen-bond acceptors (Lipinski definition) is 5. The van der Waals surface area contributed by atoms with Crippen LogP contribution < -0.4 is 0 Å². The van der Waals surface area contributed by atoms with Crippen LogP contribution in [0.2, 0.25) is 0 Å². The van der Waals surface area contributed by atoms with Crippen LogP contribution in [0.4, 0.5) is 0 Å². The van der Waals surface area contributed by atoms with Gasteiger partial charge in [-0.25, -0.2) is 4.79 Å². The molecule has 0 saturated carbocycles. The van der Waals surface area contributed by atoms with Crippen LogP contribution in [0.15, 0.2) is 17.5 Å². The molecular formula is C8H16N2O4. The van der Waals surface area contributed by atoms with Gasteiger partial charge in [-0.2, -0.15) is 0 Å². The molecule has 0 amide bonds. The topological polar surface area (TPSA) is 79.2 Å². The Morgan fingerprint density at radius 1 is 1.57 bits per heavy atom. The Hall–Kier alpha value is -1.43. The van der Waals surface area contributed by atoms with Crippen LogP contribution in [0.3, 0.4) is 0 Å². The molecule has 0 aliphatic heterocycles. The summed E-state index contributed by atoms with van der Waals surface area (Å²) in [4.78, 5) is 20.8. The van der Waals surface area contributed by atoms with Crippen molar-refractivity contribution in [3.8, 4) is 0 Å². The second kappa shape index (κ2) is 9.66. The number of rotatable bonds is 4. The molecule has 0 saturated heterocycles. The van der Waals surface area contributed by atoms with Gasteiger partial charge in [-0.3, -0.25) is 0 Å². The highest BCUT2D eigenvalue weighted by molar-refractivity contribution is 5.86. The molecule has 0 aliphatic carbocycles. The minimum Gasteiger partial charge on any atom is -0.461 e. The highest BCUT2D eigenvalue weighted by Crippen LogP contribution is 1.91. The molecule has 0 fully saturated rings. The molecule has 14 heavy (non-hydrogen) atoms. The molecule has 0 aromatic carbocycles. The zero-order chi connectivity index (χ0) is 11.6. The molecule has 0 rings (SSSR count). The SMILES string of the molecule is C=C(C)C(=O)OCCN(C)C.O=NO. The largest absolute Gasteiger partial charge is 0.461 e. The number of esters is 1. The molecule has 0 bridgehead atoms. The Morgan fingerprint density at radius 3 is 2.29 bits per heavy atom. The third-order valence-electron chi connectivity index (χ3n) is 1.12. The lowest BCUT2D eigenvalue weighted by Crippen LogP contribution is -2.20. The zero-order valence-electron chi connectivity index (χ0n) is 8.69. The minimum atomic E-state index is -0.313. The fraction of sp³-hybridized carbons (Fsp3) is 0.625. The summed E-state index contributed by atoms with van der Waals surface area (Å²) < 4.78 is 4.83. The Kier molecular flexibility index (Phi) is 10.4. The van der Waals surface area contributed by atoms with Gasteiger partial charge in [0.15, 0.2) is 5.34 Å². The van der Waals surface area contributed by atoms with Crippen LogP contribution in [0, 0.1) is 4.91 Å². The van der Waals surface area contributed by atoms with Crippen LogP contribution >= 0.6 is 0 Å². The summed E-state index contributed by atoms with van der Waals surface area (Å²) in [5.74, 6) is -0.313. The van der Waals surface area contributed by atoms with Crippen molar-refractivity contribution in [1.82, 2.24) is 4.90 Å². The Morgan fingerprint density at radius 2 is 2.00 bits per heavy atom. The van der Waals surface area contributed by atoms with E-state index in [1.54, 1.807) is 6.92 Å². The molecular weight excluding hydrogens is 188 g/mol. The fourth-order valence-electron chi connectivity index (χ4n) is 0.444. The maximum atomic E-state index is 10.8. The lowest BCUT2D eigenvalue weighted by Gasteiger charge is -2.09. The first kappa shape index (κ1) is 15.1. The van der Waals surface area contributed by atoms with Crippen molar-refractivity contribution in [1.29, 1.82) is 0 Å². The lowest BCUT2D eigenvalue weighted by atomic mass is 10.4. The molecule has 0 radical (unpaired) electrons. The van der Waals surface area contributed by atoms with Crippen molar-refractivity contribution in [2.45, 2.75) is 6.92 Å². The van der Waals surface area contributed by atoms with Gasteiger partial charge in [-0.05, 0) is 21.0 Å². The summed E-state index contributed by atoms with van der Waals surface area (Å²) in [5, 5.41) is 7.89.